The Morgan fingerprint density at radius 2 is 1.96 bits per heavy atom. The van der Waals surface area contributed by atoms with E-state index in [-0.39, 0.29) is 12.5 Å². The van der Waals surface area contributed by atoms with Gasteiger partial charge in [-0.2, -0.15) is 0 Å². The van der Waals surface area contributed by atoms with E-state index in [0.29, 0.717) is 23.7 Å². The molecule has 1 aliphatic carbocycles. The van der Waals surface area contributed by atoms with Gasteiger partial charge in [0, 0.05) is 12.3 Å². The Morgan fingerprint density at radius 1 is 1.25 bits per heavy atom. The van der Waals surface area contributed by atoms with E-state index in [1.54, 1.807) is 10.3 Å². The molecular formula is C21H26N2O4S. The zero-order valence-electron chi connectivity index (χ0n) is 16.5. The third kappa shape index (κ3) is 4.25. The van der Waals surface area contributed by atoms with Crippen molar-refractivity contribution in [3.63, 3.8) is 0 Å². The van der Waals surface area contributed by atoms with E-state index < -0.39 is 11.6 Å². The number of aryl methyl sites for hydroxylation is 1. The second kappa shape index (κ2) is 8.41. The summed E-state index contributed by atoms with van der Waals surface area (Å²) in [5, 5.41) is 12.7. The molecule has 0 unspecified atom stereocenters. The Morgan fingerprint density at radius 3 is 2.64 bits per heavy atom. The van der Waals surface area contributed by atoms with Gasteiger partial charge in [0.1, 0.15) is 6.61 Å². The molecule has 1 aromatic heterocycles. The highest BCUT2D eigenvalue weighted by Gasteiger charge is 2.38. The molecule has 0 atom stereocenters. The Balaban J connectivity index is 1.74. The Labute approximate surface area is 169 Å². The molecule has 1 heterocycles. The molecule has 0 radical (unpaired) electrons. The van der Waals surface area contributed by atoms with Crippen LogP contribution in [0.1, 0.15) is 55.8 Å². The number of rotatable bonds is 5. The van der Waals surface area contributed by atoms with Crippen LogP contribution in [-0.2, 0) is 20.9 Å². The van der Waals surface area contributed by atoms with E-state index in [1.165, 1.54) is 18.3 Å². The van der Waals surface area contributed by atoms with Gasteiger partial charge in [0.2, 0.25) is 5.91 Å². The average Bonchev–Trinajstić information content (AvgIpc) is 3.12. The van der Waals surface area contributed by atoms with Crippen LogP contribution in [0.15, 0.2) is 23.6 Å². The highest BCUT2D eigenvalue weighted by Crippen LogP contribution is 2.33. The van der Waals surface area contributed by atoms with E-state index >= 15 is 0 Å². The molecule has 1 N–H and O–H groups in total. The number of anilines is 2. The van der Waals surface area contributed by atoms with Crippen molar-refractivity contribution >= 4 is 34.0 Å². The van der Waals surface area contributed by atoms with Crippen LogP contribution in [0.5, 0.6) is 0 Å². The normalized spacial score (nSPS) is 15.9. The number of nitrogens with zero attached hydrogens (tertiary/aromatic N) is 2. The number of thiazole rings is 1. The van der Waals surface area contributed by atoms with Gasteiger partial charge in [-0.15, -0.1) is 11.3 Å². The second-order valence-corrected chi connectivity index (χ2v) is 8.20. The molecule has 7 heteroatoms. The van der Waals surface area contributed by atoms with E-state index in [2.05, 4.69) is 4.98 Å². The lowest BCUT2D eigenvalue weighted by Crippen LogP contribution is -2.41. The van der Waals surface area contributed by atoms with Gasteiger partial charge < -0.3 is 9.84 Å². The summed E-state index contributed by atoms with van der Waals surface area (Å²) in [4.78, 5) is 30.7. The summed E-state index contributed by atoms with van der Waals surface area (Å²) < 4.78 is 5.32. The molecule has 28 heavy (non-hydrogen) atoms. The van der Waals surface area contributed by atoms with Crippen molar-refractivity contribution in [1.82, 2.24) is 4.98 Å². The molecule has 0 aliphatic heterocycles. The summed E-state index contributed by atoms with van der Waals surface area (Å²) >= 11 is 1.32. The van der Waals surface area contributed by atoms with Crippen LogP contribution in [0.25, 0.3) is 0 Å². The number of ether oxygens (including phenoxy) is 1. The van der Waals surface area contributed by atoms with Gasteiger partial charge in [-0.25, -0.2) is 9.78 Å². The van der Waals surface area contributed by atoms with E-state index in [1.807, 2.05) is 32.0 Å². The van der Waals surface area contributed by atoms with Crippen LogP contribution in [0.3, 0.4) is 0 Å². The first-order chi connectivity index (χ1) is 13.3. The predicted octanol–water partition coefficient (Wildman–Crippen LogP) is 4.18. The summed E-state index contributed by atoms with van der Waals surface area (Å²) in [6.45, 7) is 5.46. The van der Waals surface area contributed by atoms with E-state index in [0.717, 1.165) is 36.1 Å². The van der Waals surface area contributed by atoms with Crippen LogP contribution in [0.4, 0.5) is 10.8 Å². The molecule has 1 aliphatic rings. The standard InChI is InChI=1S/C21H26N2O4S/c1-14-8-7-9-18(15(14)2)23(16(3)24)20-22-17(13-28-20)12-27-19(25)21(26)10-5-4-6-11-21/h7-9,13,26H,4-6,10-12H2,1-3H3. The van der Waals surface area contributed by atoms with Gasteiger partial charge in [-0.3, -0.25) is 9.69 Å². The zero-order chi connectivity index (χ0) is 20.3. The minimum Gasteiger partial charge on any atom is -0.457 e. The molecule has 1 saturated carbocycles. The monoisotopic (exact) mass is 402 g/mol. The fraction of sp³-hybridized carbons (Fsp3) is 0.476. The number of hydrogen-bond acceptors (Lipinski definition) is 6. The lowest BCUT2D eigenvalue weighted by Gasteiger charge is -2.29. The molecular weight excluding hydrogens is 376 g/mol. The predicted molar refractivity (Wildman–Crippen MR) is 109 cm³/mol. The number of benzene rings is 1. The zero-order valence-corrected chi connectivity index (χ0v) is 17.3. The van der Waals surface area contributed by atoms with Crippen LogP contribution >= 0.6 is 11.3 Å². The first-order valence-electron chi connectivity index (χ1n) is 9.53. The lowest BCUT2D eigenvalue weighted by molar-refractivity contribution is -0.170. The number of carbonyl (C=O) groups is 2. The summed E-state index contributed by atoms with van der Waals surface area (Å²) in [5.74, 6) is -0.720. The molecule has 0 bridgehead atoms. The van der Waals surface area contributed by atoms with Crippen molar-refractivity contribution in [2.45, 2.75) is 65.1 Å². The highest BCUT2D eigenvalue weighted by molar-refractivity contribution is 7.14. The third-order valence-corrected chi connectivity index (χ3v) is 6.15. The maximum absolute atomic E-state index is 12.3. The van der Waals surface area contributed by atoms with Gasteiger partial charge in [-0.1, -0.05) is 18.6 Å². The molecule has 1 fully saturated rings. The fourth-order valence-electron chi connectivity index (χ4n) is 3.47. The Bertz CT molecular complexity index is 871. The van der Waals surface area contributed by atoms with Crippen LogP contribution < -0.4 is 4.90 Å². The summed E-state index contributed by atoms with van der Waals surface area (Å²) in [5.41, 5.74) is 2.09. The highest BCUT2D eigenvalue weighted by atomic mass is 32.1. The molecule has 2 aromatic rings. The maximum Gasteiger partial charge on any atom is 0.338 e. The van der Waals surface area contributed by atoms with Gasteiger partial charge in [-0.05, 0) is 56.7 Å². The van der Waals surface area contributed by atoms with Gasteiger partial charge in [0.15, 0.2) is 10.7 Å². The quantitative estimate of drug-likeness (QED) is 0.759. The smallest absolute Gasteiger partial charge is 0.338 e. The molecule has 150 valence electrons. The largest absolute Gasteiger partial charge is 0.457 e. The summed E-state index contributed by atoms with van der Waals surface area (Å²) in [6, 6.07) is 5.80. The van der Waals surface area contributed by atoms with Crippen molar-refractivity contribution in [3.8, 4) is 0 Å². The minimum atomic E-state index is -1.37. The number of esters is 1. The molecule has 1 aromatic carbocycles. The summed E-state index contributed by atoms with van der Waals surface area (Å²) in [7, 11) is 0. The number of carbonyl (C=O) groups excluding carboxylic acids is 2. The van der Waals surface area contributed by atoms with Gasteiger partial charge in [0.05, 0.1) is 11.4 Å². The maximum atomic E-state index is 12.3. The molecule has 1 amide bonds. The minimum absolute atomic E-state index is 0.0177. The van der Waals surface area contributed by atoms with Crippen molar-refractivity contribution < 1.29 is 19.4 Å². The average molecular weight is 403 g/mol. The third-order valence-electron chi connectivity index (χ3n) is 5.27. The SMILES string of the molecule is CC(=O)N(c1nc(COC(=O)C2(O)CCCCC2)cs1)c1cccc(C)c1C. The molecule has 0 spiro atoms. The molecule has 0 saturated heterocycles. The Kier molecular flexibility index (Phi) is 6.15. The van der Waals surface area contributed by atoms with Crippen molar-refractivity contribution in [3.05, 3.63) is 40.4 Å². The first-order valence-corrected chi connectivity index (χ1v) is 10.4. The van der Waals surface area contributed by atoms with Gasteiger partial charge >= 0.3 is 5.97 Å². The van der Waals surface area contributed by atoms with Gasteiger partial charge in [0.25, 0.3) is 0 Å². The van der Waals surface area contributed by atoms with Crippen LogP contribution in [-0.4, -0.2) is 27.6 Å². The van der Waals surface area contributed by atoms with E-state index in [4.69, 9.17) is 4.74 Å². The van der Waals surface area contributed by atoms with Crippen molar-refractivity contribution in [2.24, 2.45) is 0 Å². The van der Waals surface area contributed by atoms with Crippen LogP contribution in [0.2, 0.25) is 0 Å². The lowest BCUT2D eigenvalue weighted by atomic mass is 9.85. The topological polar surface area (TPSA) is 79.7 Å². The Hall–Kier alpha value is -2.25. The fourth-order valence-corrected chi connectivity index (χ4v) is 4.33. The molecule has 3 rings (SSSR count). The van der Waals surface area contributed by atoms with Crippen molar-refractivity contribution in [1.29, 1.82) is 0 Å². The van der Waals surface area contributed by atoms with Crippen molar-refractivity contribution in [2.75, 3.05) is 4.90 Å². The first kappa shape index (κ1) is 20.5. The van der Waals surface area contributed by atoms with E-state index in [9.17, 15) is 14.7 Å². The number of hydrogen-bond donors (Lipinski definition) is 1. The number of aliphatic hydroxyl groups is 1. The number of amides is 1. The van der Waals surface area contributed by atoms with Crippen LogP contribution in [0, 0.1) is 13.8 Å². The number of aromatic nitrogens is 1. The second-order valence-electron chi connectivity index (χ2n) is 7.36. The summed E-state index contributed by atoms with van der Waals surface area (Å²) in [6.07, 6.45) is 3.58. The molecule has 6 nitrogen and oxygen atoms in total.